The molecule has 3 N–H and O–H groups in total. The number of nitrogens with one attached hydrogen (secondary N) is 3. The number of benzene rings is 1. The summed E-state index contributed by atoms with van der Waals surface area (Å²) in [6.45, 7) is -0.867. The highest BCUT2D eigenvalue weighted by Gasteiger charge is 2.43. The molecule has 1 aliphatic heterocycles. The lowest BCUT2D eigenvalue weighted by molar-refractivity contribution is -0.117. The third kappa shape index (κ3) is 3.94. The Morgan fingerprint density at radius 2 is 1.97 bits per heavy atom. The van der Waals surface area contributed by atoms with Crippen LogP contribution in [0.3, 0.4) is 0 Å². The predicted octanol–water partition coefficient (Wildman–Crippen LogP) is 2.93. The summed E-state index contributed by atoms with van der Waals surface area (Å²) in [7, 11) is 3.46. The number of aromatic nitrogens is 4. The van der Waals surface area contributed by atoms with Crippen molar-refractivity contribution in [3.63, 3.8) is 0 Å². The molecule has 0 radical (unpaired) electrons. The topological polar surface area (TPSA) is 117 Å². The van der Waals surface area contributed by atoms with Crippen molar-refractivity contribution in [3.05, 3.63) is 41.5 Å². The maximum atomic E-state index is 14.9. The van der Waals surface area contributed by atoms with Crippen LogP contribution in [0.1, 0.15) is 39.6 Å². The van der Waals surface area contributed by atoms with Crippen molar-refractivity contribution in [2.75, 3.05) is 29.6 Å². The van der Waals surface area contributed by atoms with Crippen LogP contribution in [-0.4, -0.2) is 52.0 Å². The fourth-order valence-electron chi connectivity index (χ4n) is 4.20. The number of hydrogen-bond donors (Lipinski definition) is 3. The molecule has 1 saturated carbocycles. The maximum Gasteiger partial charge on any atom is 0.254 e. The number of carbonyl (C=O) groups excluding carboxylic acids is 2. The molecular formula is C23H24F2N8O2. The summed E-state index contributed by atoms with van der Waals surface area (Å²) in [6, 6.07) is 3.64. The number of amides is 2. The number of halogens is 2. The van der Waals surface area contributed by atoms with Gasteiger partial charge < -0.3 is 20.9 Å². The monoisotopic (exact) mass is 485 g/mol. The molecular weight excluding hydrogens is 458 g/mol. The average Bonchev–Trinajstić information content (AvgIpc) is 3.41. The Bertz CT molecular complexity index is 1460. The van der Waals surface area contributed by atoms with Gasteiger partial charge in [-0.15, -0.1) is 0 Å². The van der Waals surface area contributed by atoms with Crippen molar-refractivity contribution in [3.8, 4) is 11.3 Å². The van der Waals surface area contributed by atoms with Gasteiger partial charge in [-0.3, -0.25) is 9.59 Å². The molecule has 0 bridgehead atoms. The van der Waals surface area contributed by atoms with Crippen molar-refractivity contribution in [2.45, 2.75) is 25.6 Å². The van der Waals surface area contributed by atoms with E-state index in [1.165, 1.54) is 23.0 Å². The van der Waals surface area contributed by atoms with E-state index in [1.54, 1.807) is 14.1 Å². The lowest BCUT2D eigenvalue weighted by Crippen LogP contribution is -2.27. The maximum absolute atomic E-state index is 14.9. The zero-order valence-electron chi connectivity index (χ0n) is 22.1. The molecule has 3 atom stereocenters. The fraction of sp³-hybridized carbons (Fsp3) is 0.348. The summed E-state index contributed by atoms with van der Waals surface area (Å²) in [5.41, 5.74) is 2.33. The zero-order valence-corrected chi connectivity index (χ0v) is 19.1. The summed E-state index contributed by atoms with van der Waals surface area (Å²) in [5.74, 6) is -2.90. The second-order valence-electron chi connectivity index (χ2n) is 8.60. The molecule has 0 saturated heterocycles. The summed E-state index contributed by atoms with van der Waals surface area (Å²) < 4.78 is 50.4. The Morgan fingerprint density at radius 3 is 2.69 bits per heavy atom. The van der Waals surface area contributed by atoms with Gasteiger partial charge in [0.1, 0.15) is 29.2 Å². The number of hydrogen-bond acceptors (Lipinski definition) is 7. The van der Waals surface area contributed by atoms with E-state index in [0.717, 1.165) is 6.20 Å². The summed E-state index contributed by atoms with van der Waals surface area (Å²) >= 11 is 0. The van der Waals surface area contributed by atoms with E-state index in [2.05, 4.69) is 25.8 Å². The number of alkyl halides is 1. The Labute approximate surface area is 203 Å². The van der Waals surface area contributed by atoms with E-state index in [9.17, 15) is 18.4 Å². The lowest BCUT2D eigenvalue weighted by Gasteiger charge is -2.34. The van der Waals surface area contributed by atoms with Gasteiger partial charge in [-0.05, 0) is 25.5 Å². The van der Waals surface area contributed by atoms with Crippen LogP contribution in [0.5, 0.6) is 0 Å². The molecule has 1 fully saturated rings. The van der Waals surface area contributed by atoms with E-state index < -0.39 is 36.7 Å². The molecule has 2 amide bonds. The SMILES string of the molecule is [2H]C([2H])([2H])NC(=O)c1cnc(NC(=O)[C@@H]2C[C@@H]2F)cc1Nc1cc(F)cc2c1N(C)[C@H](C)c1nn(C)nc1-2. The standard InChI is InChI=1S/C23H24F2N8O2/c1-10-19-20(31-33(4)30-19)13-5-11(24)6-17(21(13)32(10)3)28-16-8-18(27-9-14(16)22(34)26-2)29-23(35)12-7-15(12)25/h5-6,8-10,12,15H,7H2,1-4H3,(H,26,34)(H2,27,28,29,35)/t10-,12-,15+/m1/s1/i2D3. The van der Waals surface area contributed by atoms with Crippen LogP contribution in [0, 0.1) is 11.7 Å². The quantitative estimate of drug-likeness (QED) is 0.509. The minimum atomic E-state index is -2.78. The van der Waals surface area contributed by atoms with Gasteiger partial charge in [-0.1, -0.05) is 0 Å². The van der Waals surface area contributed by atoms with E-state index >= 15 is 0 Å². The van der Waals surface area contributed by atoms with Crippen molar-refractivity contribution >= 4 is 34.7 Å². The largest absolute Gasteiger partial charge is 0.364 e. The normalized spacial score (nSPS) is 21.7. The van der Waals surface area contributed by atoms with Crippen LogP contribution in [0.15, 0.2) is 24.4 Å². The van der Waals surface area contributed by atoms with Gasteiger partial charge in [0.2, 0.25) is 5.91 Å². The number of anilines is 4. The minimum Gasteiger partial charge on any atom is -0.364 e. The van der Waals surface area contributed by atoms with Crippen LogP contribution < -0.4 is 20.9 Å². The third-order valence-electron chi connectivity index (χ3n) is 6.23. The Balaban J connectivity index is 1.58. The molecule has 12 heteroatoms. The fourth-order valence-corrected chi connectivity index (χ4v) is 4.20. The molecule has 182 valence electrons. The number of fused-ring (bicyclic) bond motifs is 3. The van der Waals surface area contributed by atoms with Crippen LogP contribution in [0.2, 0.25) is 0 Å². The van der Waals surface area contributed by atoms with Crippen LogP contribution in [0.4, 0.5) is 31.7 Å². The number of carbonyl (C=O) groups is 2. The Hall–Kier alpha value is -4.09. The van der Waals surface area contributed by atoms with Crippen molar-refractivity contribution < 1.29 is 22.5 Å². The predicted molar refractivity (Wildman–Crippen MR) is 126 cm³/mol. The first-order chi connectivity index (χ1) is 17.8. The molecule has 5 rings (SSSR count). The highest BCUT2D eigenvalue weighted by Crippen LogP contribution is 2.47. The van der Waals surface area contributed by atoms with E-state index in [4.69, 9.17) is 4.11 Å². The van der Waals surface area contributed by atoms with E-state index in [-0.39, 0.29) is 35.2 Å². The first-order valence-electron chi connectivity index (χ1n) is 12.3. The van der Waals surface area contributed by atoms with Gasteiger partial charge >= 0.3 is 0 Å². The van der Waals surface area contributed by atoms with Gasteiger partial charge in [0.25, 0.3) is 5.91 Å². The molecule has 2 aromatic heterocycles. The Kier molecular flexibility index (Phi) is 4.56. The van der Waals surface area contributed by atoms with Crippen LogP contribution in [0.25, 0.3) is 11.3 Å². The molecule has 10 nitrogen and oxygen atoms in total. The number of nitrogens with zero attached hydrogens (tertiary/aromatic N) is 5. The van der Waals surface area contributed by atoms with Gasteiger partial charge in [-0.2, -0.15) is 15.0 Å². The number of rotatable bonds is 5. The van der Waals surface area contributed by atoms with Gasteiger partial charge in [-0.25, -0.2) is 13.8 Å². The molecule has 3 aromatic rings. The number of aryl methyl sites for hydroxylation is 1. The molecule has 1 aliphatic carbocycles. The van der Waals surface area contributed by atoms with Gasteiger partial charge in [0.15, 0.2) is 0 Å². The van der Waals surface area contributed by atoms with Crippen LogP contribution in [-0.2, 0) is 11.8 Å². The lowest BCUT2D eigenvalue weighted by atomic mass is 9.96. The summed E-state index contributed by atoms with van der Waals surface area (Å²) in [6.07, 6.45) is -0.0304. The van der Waals surface area contributed by atoms with Crippen LogP contribution >= 0.6 is 0 Å². The smallest absolute Gasteiger partial charge is 0.254 e. The van der Waals surface area contributed by atoms with Crippen molar-refractivity contribution in [2.24, 2.45) is 13.0 Å². The minimum absolute atomic E-state index is 0.00485. The van der Waals surface area contributed by atoms with Crippen molar-refractivity contribution in [1.29, 1.82) is 0 Å². The van der Waals surface area contributed by atoms with Gasteiger partial charge in [0, 0.05) is 43.0 Å². The summed E-state index contributed by atoms with van der Waals surface area (Å²) in [5, 5.41) is 16.2. The summed E-state index contributed by atoms with van der Waals surface area (Å²) in [4.78, 5) is 32.4. The molecule has 1 aromatic carbocycles. The molecule has 0 spiro atoms. The number of pyridine rings is 1. The zero-order chi connectivity index (χ0) is 27.5. The Morgan fingerprint density at radius 1 is 1.20 bits per heavy atom. The van der Waals surface area contributed by atoms with Gasteiger partial charge in [0.05, 0.1) is 34.6 Å². The average molecular weight is 486 g/mol. The van der Waals surface area contributed by atoms with E-state index in [1.807, 2.05) is 17.1 Å². The first kappa shape index (κ1) is 19.2. The van der Waals surface area contributed by atoms with Crippen molar-refractivity contribution in [1.82, 2.24) is 25.3 Å². The first-order valence-corrected chi connectivity index (χ1v) is 10.8. The highest BCUT2D eigenvalue weighted by atomic mass is 19.1. The second-order valence-corrected chi connectivity index (χ2v) is 8.60. The highest BCUT2D eigenvalue weighted by molar-refractivity contribution is 6.02. The third-order valence-corrected chi connectivity index (χ3v) is 6.23. The molecule has 3 heterocycles. The second kappa shape index (κ2) is 8.29. The molecule has 2 aliphatic rings. The molecule has 0 unspecified atom stereocenters. The van der Waals surface area contributed by atoms with E-state index in [0.29, 0.717) is 22.6 Å². The molecule has 35 heavy (non-hydrogen) atoms.